The summed E-state index contributed by atoms with van der Waals surface area (Å²) in [5.74, 6) is 0.565. The summed E-state index contributed by atoms with van der Waals surface area (Å²) >= 11 is 3.23. The smallest absolute Gasteiger partial charge is 0.266 e. The lowest BCUT2D eigenvalue weighted by Gasteiger charge is -2.22. The van der Waals surface area contributed by atoms with Crippen LogP contribution in [0.15, 0.2) is 39.7 Å². The number of halogens is 2. The molecule has 3 aromatic rings. The topological polar surface area (TPSA) is 118 Å². The van der Waals surface area contributed by atoms with E-state index in [4.69, 9.17) is 10.5 Å². The first-order chi connectivity index (χ1) is 13.8. The maximum absolute atomic E-state index is 13.6. The van der Waals surface area contributed by atoms with Crippen molar-refractivity contribution in [1.29, 1.82) is 5.26 Å². The van der Waals surface area contributed by atoms with Gasteiger partial charge in [-0.15, -0.1) is 0 Å². The number of hydrogen-bond donors (Lipinski definition) is 2. The van der Waals surface area contributed by atoms with Crippen LogP contribution in [-0.4, -0.2) is 15.0 Å². The van der Waals surface area contributed by atoms with Gasteiger partial charge < -0.3 is 15.5 Å². The number of nitrogens with two attached hydrogens (primary N) is 1. The largest absolute Gasteiger partial charge is 0.484 e. The molecule has 0 saturated carbocycles. The molecule has 3 N–H and O–H groups in total. The molecule has 0 aliphatic rings. The number of aryl methyl sites for hydroxylation is 2. The molecule has 1 atom stereocenters. The van der Waals surface area contributed by atoms with Crippen molar-refractivity contribution >= 4 is 21.7 Å². The number of H-pyrrole nitrogens is 1. The first-order valence-electron chi connectivity index (χ1n) is 8.62. The third-order valence-electron chi connectivity index (χ3n) is 4.25. The van der Waals surface area contributed by atoms with E-state index in [9.17, 15) is 14.4 Å². The Balaban J connectivity index is 2.09. The van der Waals surface area contributed by atoms with Gasteiger partial charge in [0.2, 0.25) is 0 Å². The molecular formula is C20H17BrFN5O2. The molecule has 0 aliphatic heterocycles. The normalized spacial score (nSPS) is 11.7. The van der Waals surface area contributed by atoms with Crippen LogP contribution in [0, 0.1) is 31.0 Å². The number of nitrogen functional groups attached to an aromatic ring is 1. The van der Waals surface area contributed by atoms with Crippen molar-refractivity contribution in [3.05, 3.63) is 79.3 Å². The summed E-state index contributed by atoms with van der Waals surface area (Å²) in [6, 6.07) is 7.51. The molecule has 2 aromatic heterocycles. The molecule has 29 heavy (non-hydrogen) atoms. The van der Waals surface area contributed by atoms with E-state index in [-0.39, 0.29) is 33.6 Å². The quantitative estimate of drug-likeness (QED) is 0.605. The van der Waals surface area contributed by atoms with Gasteiger partial charge in [0, 0.05) is 35.5 Å². The van der Waals surface area contributed by atoms with Crippen LogP contribution >= 0.6 is 15.9 Å². The van der Waals surface area contributed by atoms with Crippen molar-refractivity contribution in [2.45, 2.75) is 26.4 Å². The van der Waals surface area contributed by atoms with Crippen LogP contribution in [0.2, 0.25) is 0 Å². The number of ether oxygens (including phenoxy) is 1. The zero-order chi connectivity index (χ0) is 21.1. The summed E-state index contributed by atoms with van der Waals surface area (Å²) in [7, 11) is 0. The summed E-state index contributed by atoms with van der Waals surface area (Å²) in [5, 5.41) is 9.47. The summed E-state index contributed by atoms with van der Waals surface area (Å²) < 4.78 is 20.0. The van der Waals surface area contributed by atoms with Crippen LogP contribution in [0.4, 0.5) is 10.2 Å². The molecule has 0 bridgehead atoms. The molecule has 7 nitrogen and oxygen atoms in total. The van der Waals surface area contributed by atoms with Gasteiger partial charge in [0.25, 0.3) is 5.56 Å². The first-order valence-corrected chi connectivity index (χ1v) is 9.41. The minimum absolute atomic E-state index is 0.124. The van der Waals surface area contributed by atoms with Crippen LogP contribution in [0.5, 0.6) is 5.75 Å². The number of aromatic nitrogens is 3. The van der Waals surface area contributed by atoms with E-state index in [1.165, 1.54) is 12.1 Å². The average Bonchev–Trinajstić information content (AvgIpc) is 2.67. The molecule has 0 amide bonds. The molecule has 0 spiro atoms. The van der Waals surface area contributed by atoms with Gasteiger partial charge >= 0.3 is 0 Å². The highest BCUT2D eigenvalue weighted by Crippen LogP contribution is 2.32. The fraction of sp³-hybridized carbons (Fsp3) is 0.200. The zero-order valence-electron chi connectivity index (χ0n) is 15.7. The lowest BCUT2D eigenvalue weighted by atomic mass is 9.97. The van der Waals surface area contributed by atoms with Crippen molar-refractivity contribution in [3.8, 4) is 11.8 Å². The minimum Gasteiger partial charge on any atom is -0.484 e. The number of aromatic amines is 1. The average molecular weight is 458 g/mol. The van der Waals surface area contributed by atoms with E-state index in [2.05, 4.69) is 30.9 Å². The predicted molar refractivity (Wildman–Crippen MR) is 109 cm³/mol. The number of benzene rings is 1. The number of nitrogens with zero attached hydrogens (tertiary/aromatic N) is 3. The Kier molecular flexibility index (Phi) is 5.94. The van der Waals surface area contributed by atoms with Gasteiger partial charge in [-0.3, -0.25) is 4.79 Å². The van der Waals surface area contributed by atoms with Crippen LogP contribution in [0.25, 0.3) is 0 Å². The molecular weight excluding hydrogens is 441 g/mol. The van der Waals surface area contributed by atoms with Gasteiger partial charge in [0.15, 0.2) is 0 Å². The number of pyridine rings is 1. The van der Waals surface area contributed by atoms with Crippen molar-refractivity contribution in [2.75, 3.05) is 5.73 Å². The number of nitriles is 1. The summed E-state index contributed by atoms with van der Waals surface area (Å²) in [4.78, 5) is 23.0. The standard InChI is InChI=1S/C20H17BrFN5O2/c1-10-5-17(18(21)20(28)26-10)29-16(7-13-9-25-11(2)27-19(13)24)15-4-3-14(22)6-12(15)8-23/h3-6,9,16H,7H2,1-2H3,(H,26,28)(H2,24,25,27). The van der Waals surface area contributed by atoms with E-state index in [0.29, 0.717) is 22.6 Å². The lowest BCUT2D eigenvalue weighted by molar-refractivity contribution is 0.203. The second kappa shape index (κ2) is 8.41. The van der Waals surface area contributed by atoms with E-state index in [0.717, 1.165) is 6.07 Å². The van der Waals surface area contributed by atoms with E-state index in [1.807, 2.05) is 6.07 Å². The number of rotatable bonds is 5. The molecule has 3 rings (SSSR count). The molecule has 0 aliphatic carbocycles. The van der Waals surface area contributed by atoms with Crippen LogP contribution in [-0.2, 0) is 6.42 Å². The minimum atomic E-state index is -0.739. The van der Waals surface area contributed by atoms with Gasteiger partial charge in [-0.2, -0.15) is 5.26 Å². The maximum atomic E-state index is 13.6. The van der Waals surface area contributed by atoms with Crippen LogP contribution in [0.1, 0.15) is 34.3 Å². The Hall–Kier alpha value is -3.25. The van der Waals surface area contributed by atoms with Crippen molar-refractivity contribution in [2.24, 2.45) is 0 Å². The molecule has 0 saturated heterocycles. The number of anilines is 1. The number of hydrogen-bond acceptors (Lipinski definition) is 6. The molecule has 2 heterocycles. The molecule has 0 fully saturated rings. The third kappa shape index (κ3) is 4.60. The second-order valence-electron chi connectivity index (χ2n) is 6.44. The van der Waals surface area contributed by atoms with Gasteiger partial charge in [-0.25, -0.2) is 14.4 Å². The van der Waals surface area contributed by atoms with Crippen LogP contribution < -0.4 is 16.0 Å². The summed E-state index contributed by atoms with van der Waals surface area (Å²) in [6.07, 6.45) is 1.06. The Morgan fingerprint density at radius 1 is 1.38 bits per heavy atom. The highest BCUT2D eigenvalue weighted by atomic mass is 79.9. The zero-order valence-corrected chi connectivity index (χ0v) is 17.2. The molecule has 1 aromatic carbocycles. The molecule has 1 unspecified atom stereocenters. The second-order valence-corrected chi connectivity index (χ2v) is 7.23. The molecule has 148 valence electrons. The maximum Gasteiger partial charge on any atom is 0.266 e. The van der Waals surface area contributed by atoms with Crippen molar-refractivity contribution in [1.82, 2.24) is 15.0 Å². The van der Waals surface area contributed by atoms with E-state index in [1.54, 1.807) is 26.1 Å². The Morgan fingerprint density at radius 3 is 2.83 bits per heavy atom. The highest BCUT2D eigenvalue weighted by molar-refractivity contribution is 9.10. The van der Waals surface area contributed by atoms with E-state index < -0.39 is 11.9 Å². The Bertz CT molecular complexity index is 1170. The summed E-state index contributed by atoms with van der Waals surface area (Å²) in [6.45, 7) is 3.44. The van der Waals surface area contributed by atoms with Crippen LogP contribution in [0.3, 0.4) is 0 Å². The van der Waals surface area contributed by atoms with Gasteiger partial charge in [0.1, 0.15) is 33.8 Å². The van der Waals surface area contributed by atoms with E-state index >= 15 is 0 Å². The van der Waals surface area contributed by atoms with Crippen molar-refractivity contribution < 1.29 is 9.13 Å². The predicted octanol–water partition coefficient (Wildman–Crippen LogP) is 3.50. The van der Waals surface area contributed by atoms with Gasteiger partial charge in [0.05, 0.1) is 11.6 Å². The molecule has 0 radical (unpaired) electrons. The SMILES string of the molecule is Cc1ncc(CC(Oc2cc(C)[nH]c(=O)c2Br)c2ccc(F)cc2C#N)c(N)n1. The third-order valence-corrected chi connectivity index (χ3v) is 5.00. The summed E-state index contributed by atoms with van der Waals surface area (Å²) in [5.41, 5.74) is 7.45. The first kappa shape index (κ1) is 20.5. The lowest BCUT2D eigenvalue weighted by Crippen LogP contribution is -2.17. The van der Waals surface area contributed by atoms with Gasteiger partial charge in [-0.05, 0) is 41.9 Å². The Labute approximate surface area is 174 Å². The highest BCUT2D eigenvalue weighted by Gasteiger charge is 2.22. The fourth-order valence-corrected chi connectivity index (χ4v) is 3.18. The Morgan fingerprint density at radius 2 is 2.14 bits per heavy atom. The fourth-order valence-electron chi connectivity index (χ4n) is 2.87. The molecule has 9 heteroatoms. The monoisotopic (exact) mass is 457 g/mol. The van der Waals surface area contributed by atoms with Gasteiger partial charge in [-0.1, -0.05) is 6.07 Å². The van der Waals surface area contributed by atoms with Crippen molar-refractivity contribution in [3.63, 3.8) is 0 Å². The number of nitrogens with one attached hydrogen (secondary N) is 1.